The molecule has 0 atom stereocenters. The number of carboxylic acid groups (broad SMARTS) is 1. The van der Waals surface area contributed by atoms with Gasteiger partial charge in [0.2, 0.25) is 0 Å². The van der Waals surface area contributed by atoms with Crippen LogP contribution in [0.2, 0.25) is 5.02 Å². The minimum Gasteiger partial charge on any atom is -0.546 e. The number of hydrazone groups is 1. The molecule has 140 valence electrons. The summed E-state index contributed by atoms with van der Waals surface area (Å²) in [6, 6.07) is 11.1. The van der Waals surface area contributed by atoms with Crippen molar-refractivity contribution in [2.24, 2.45) is 5.10 Å². The summed E-state index contributed by atoms with van der Waals surface area (Å²) in [6.07, 6.45) is 1.32. The first-order valence-electron chi connectivity index (χ1n) is 7.68. The van der Waals surface area contributed by atoms with E-state index in [1.807, 2.05) is 6.92 Å². The molecule has 0 heterocycles. The number of hydrogen-bond acceptors (Lipinski definition) is 6. The maximum atomic E-state index is 11.8. The normalized spacial score (nSPS) is 10.4. The summed E-state index contributed by atoms with van der Waals surface area (Å²) in [5.41, 5.74) is 3.94. The van der Waals surface area contributed by atoms with Crippen molar-refractivity contribution in [1.29, 1.82) is 0 Å². The van der Waals surface area contributed by atoms with Gasteiger partial charge in [-0.3, -0.25) is 9.59 Å². The zero-order valence-electron chi connectivity index (χ0n) is 14.2. The van der Waals surface area contributed by atoms with Gasteiger partial charge in [-0.1, -0.05) is 17.7 Å². The standard InChI is InChI=1S/C18H16ClN3O5/c1-11-2-5-13(8-15(11)19)21-17(25)18(26)22-20-9-12-3-6-14(7-4-12)27-10-16(23)24/h2-9H,10H2,1H3,(H,21,25)(H,22,26)(H,23,24)/p-1/b20-9-. The number of nitrogens with one attached hydrogen (secondary N) is 2. The Morgan fingerprint density at radius 3 is 2.48 bits per heavy atom. The highest BCUT2D eigenvalue weighted by molar-refractivity contribution is 6.39. The van der Waals surface area contributed by atoms with Crippen LogP contribution in [0.15, 0.2) is 47.6 Å². The predicted molar refractivity (Wildman–Crippen MR) is 97.5 cm³/mol. The molecule has 2 aromatic rings. The molecule has 0 bridgehead atoms. The van der Waals surface area contributed by atoms with E-state index in [0.717, 1.165) is 5.56 Å². The Balaban J connectivity index is 1.85. The highest BCUT2D eigenvalue weighted by Crippen LogP contribution is 2.19. The molecule has 27 heavy (non-hydrogen) atoms. The Hall–Kier alpha value is -3.39. The van der Waals surface area contributed by atoms with E-state index < -0.39 is 24.4 Å². The second-order valence-electron chi connectivity index (χ2n) is 5.35. The van der Waals surface area contributed by atoms with Crippen molar-refractivity contribution in [3.05, 3.63) is 58.6 Å². The molecule has 8 nitrogen and oxygen atoms in total. The van der Waals surface area contributed by atoms with E-state index in [4.69, 9.17) is 16.3 Å². The molecule has 0 aliphatic rings. The van der Waals surface area contributed by atoms with Crippen LogP contribution in [0.25, 0.3) is 0 Å². The van der Waals surface area contributed by atoms with Gasteiger partial charge in [-0.05, 0) is 54.4 Å². The molecule has 2 N–H and O–H groups in total. The van der Waals surface area contributed by atoms with Crippen LogP contribution in [0, 0.1) is 6.92 Å². The van der Waals surface area contributed by atoms with Gasteiger partial charge in [0.15, 0.2) is 0 Å². The summed E-state index contributed by atoms with van der Waals surface area (Å²) < 4.78 is 4.93. The lowest BCUT2D eigenvalue weighted by atomic mass is 10.2. The van der Waals surface area contributed by atoms with Gasteiger partial charge >= 0.3 is 11.8 Å². The molecule has 0 saturated heterocycles. The summed E-state index contributed by atoms with van der Waals surface area (Å²) in [6.45, 7) is 1.27. The fourth-order valence-corrected chi connectivity index (χ4v) is 2.05. The molecular formula is C18H15ClN3O5-. The lowest BCUT2D eigenvalue weighted by Gasteiger charge is -2.06. The fourth-order valence-electron chi connectivity index (χ4n) is 1.87. The molecule has 0 spiro atoms. The molecule has 2 rings (SSSR count). The summed E-state index contributed by atoms with van der Waals surface area (Å²) in [4.78, 5) is 33.9. The van der Waals surface area contributed by atoms with E-state index >= 15 is 0 Å². The van der Waals surface area contributed by atoms with E-state index in [2.05, 4.69) is 15.8 Å². The first-order chi connectivity index (χ1) is 12.8. The largest absolute Gasteiger partial charge is 0.546 e. The van der Waals surface area contributed by atoms with Crippen molar-refractivity contribution < 1.29 is 24.2 Å². The van der Waals surface area contributed by atoms with Crippen LogP contribution in [0.5, 0.6) is 5.75 Å². The van der Waals surface area contributed by atoms with Crippen LogP contribution in [0.4, 0.5) is 5.69 Å². The SMILES string of the molecule is Cc1ccc(NC(=O)C(=O)N/N=C\c2ccc(OCC(=O)[O-])cc2)cc1Cl. The van der Waals surface area contributed by atoms with Gasteiger partial charge in [0.05, 0.1) is 12.2 Å². The number of benzene rings is 2. The number of amides is 2. The highest BCUT2D eigenvalue weighted by Gasteiger charge is 2.13. The third-order valence-corrected chi connectivity index (χ3v) is 3.66. The van der Waals surface area contributed by atoms with E-state index in [0.29, 0.717) is 22.0 Å². The minimum absolute atomic E-state index is 0.344. The maximum Gasteiger partial charge on any atom is 0.329 e. The lowest BCUT2D eigenvalue weighted by Crippen LogP contribution is -2.32. The van der Waals surface area contributed by atoms with Crippen LogP contribution in [-0.2, 0) is 14.4 Å². The van der Waals surface area contributed by atoms with Crippen LogP contribution in [-0.4, -0.2) is 30.6 Å². The second-order valence-corrected chi connectivity index (χ2v) is 5.75. The average molecular weight is 389 g/mol. The van der Waals surface area contributed by atoms with Crippen molar-refractivity contribution in [1.82, 2.24) is 5.43 Å². The van der Waals surface area contributed by atoms with Gasteiger partial charge in [0.25, 0.3) is 0 Å². The third-order valence-electron chi connectivity index (χ3n) is 3.25. The number of carboxylic acids is 1. The van der Waals surface area contributed by atoms with Gasteiger partial charge in [-0.2, -0.15) is 5.10 Å². The van der Waals surface area contributed by atoms with Crippen molar-refractivity contribution in [2.75, 3.05) is 11.9 Å². The van der Waals surface area contributed by atoms with E-state index in [-0.39, 0.29) is 0 Å². The number of ether oxygens (including phenoxy) is 1. The number of nitrogens with zero attached hydrogens (tertiary/aromatic N) is 1. The second kappa shape index (κ2) is 9.35. The Bertz CT molecular complexity index is 881. The van der Waals surface area contributed by atoms with Crippen LogP contribution < -0.4 is 20.6 Å². The third kappa shape index (κ3) is 6.44. The lowest BCUT2D eigenvalue weighted by molar-refractivity contribution is -0.307. The first-order valence-corrected chi connectivity index (χ1v) is 8.06. The maximum absolute atomic E-state index is 11.8. The molecule has 0 radical (unpaired) electrons. The van der Waals surface area contributed by atoms with Gasteiger partial charge in [-0.15, -0.1) is 0 Å². The average Bonchev–Trinajstić information content (AvgIpc) is 2.64. The topological polar surface area (TPSA) is 120 Å². The number of anilines is 1. The molecule has 0 aliphatic carbocycles. The Morgan fingerprint density at radius 1 is 1.15 bits per heavy atom. The number of hydrogen-bond donors (Lipinski definition) is 2. The summed E-state index contributed by atoms with van der Waals surface area (Å²) in [7, 11) is 0. The van der Waals surface area contributed by atoms with Crippen molar-refractivity contribution in [3.8, 4) is 5.75 Å². The molecule has 2 amide bonds. The Kier molecular flexibility index (Phi) is 6.90. The summed E-state index contributed by atoms with van der Waals surface area (Å²) in [5.74, 6) is -2.82. The quantitative estimate of drug-likeness (QED) is 0.432. The Morgan fingerprint density at radius 2 is 1.85 bits per heavy atom. The van der Waals surface area contributed by atoms with Crippen LogP contribution in [0.1, 0.15) is 11.1 Å². The van der Waals surface area contributed by atoms with E-state index in [9.17, 15) is 19.5 Å². The number of aryl methyl sites for hydroxylation is 1. The van der Waals surface area contributed by atoms with Crippen LogP contribution >= 0.6 is 11.6 Å². The molecule has 0 saturated carbocycles. The van der Waals surface area contributed by atoms with Gasteiger partial charge < -0.3 is 20.0 Å². The molecule has 2 aromatic carbocycles. The van der Waals surface area contributed by atoms with E-state index in [1.54, 1.807) is 24.3 Å². The van der Waals surface area contributed by atoms with Gasteiger partial charge in [0.1, 0.15) is 12.4 Å². The zero-order valence-corrected chi connectivity index (χ0v) is 14.9. The minimum atomic E-state index is -1.32. The smallest absolute Gasteiger partial charge is 0.329 e. The molecule has 0 aromatic heterocycles. The number of carbonyl (C=O) groups is 3. The monoisotopic (exact) mass is 388 g/mol. The summed E-state index contributed by atoms with van der Waals surface area (Å²) in [5, 5.41) is 16.9. The zero-order chi connectivity index (χ0) is 19.8. The molecular weight excluding hydrogens is 374 g/mol. The van der Waals surface area contributed by atoms with Crippen molar-refractivity contribution >= 4 is 41.3 Å². The Labute approximate surface area is 159 Å². The highest BCUT2D eigenvalue weighted by atomic mass is 35.5. The first kappa shape index (κ1) is 19.9. The molecule has 0 unspecified atom stereocenters. The fraction of sp³-hybridized carbons (Fsp3) is 0.111. The summed E-state index contributed by atoms with van der Waals surface area (Å²) >= 11 is 5.96. The number of carbonyl (C=O) groups excluding carboxylic acids is 3. The van der Waals surface area contributed by atoms with Crippen molar-refractivity contribution in [3.63, 3.8) is 0 Å². The van der Waals surface area contributed by atoms with Gasteiger partial charge in [-0.25, -0.2) is 5.43 Å². The van der Waals surface area contributed by atoms with E-state index in [1.165, 1.54) is 24.4 Å². The number of halogens is 1. The van der Waals surface area contributed by atoms with Crippen LogP contribution in [0.3, 0.4) is 0 Å². The molecule has 0 fully saturated rings. The van der Waals surface area contributed by atoms with Crippen molar-refractivity contribution in [2.45, 2.75) is 6.92 Å². The predicted octanol–water partition coefficient (Wildman–Crippen LogP) is 0.866. The number of aliphatic carboxylic acids is 1. The molecule has 9 heteroatoms. The molecule has 0 aliphatic heterocycles. The van der Waals surface area contributed by atoms with Gasteiger partial charge in [0, 0.05) is 10.7 Å². The number of rotatable bonds is 6.